The predicted molar refractivity (Wildman–Crippen MR) is 103 cm³/mol. The Morgan fingerprint density at radius 3 is 2.71 bits per heavy atom. The Morgan fingerprint density at radius 2 is 1.86 bits per heavy atom. The molecule has 0 bridgehead atoms. The minimum absolute atomic E-state index is 0.480. The normalized spacial score (nSPS) is 17.1. The van der Waals surface area contributed by atoms with Gasteiger partial charge in [-0.1, -0.05) is 29.4 Å². The van der Waals surface area contributed by atoms with Gasteiger partial charge in [-0.15, -0.1) is 0 Å². The first-order chi connectivity index (χ1) is 13.8. The number of morpholine rings is 1. The topological polar surface area (TPSA) is 73.5 Å². The van der Waals surface area contributed by atoms with E-state index >= 15 is 0 Å². The van der Waals surface area contributed by atoms with Gasteiger partial charge in [0.25, 0.3) is 5.89 Å². The van der Waals surface area contributed by atoms with Crippen molar-refractivity contribution in [2.45, 2.75) is 19.4 Å². The van der Waals surface area contributed by atoms with E-state index in [1.54, 1.807) is 6.20 Å². The third-order valence-electron chi connectivity index (χ3n) is 5.15. The van der Waals surface area contributed by atoms with Gasteiger partial charge in [-0.25, -0.2) is 4.98 Å². The Morgan fingerprint density at radius 1 is 1.00 bits per heavy atom. The first-order valence-electron chi connectivity index (χ1n) is 9.70. The lowest BCUT2D eigenvalue weighted by Crippen LogP contribution is -2.35. The molecule has 0 saturated carbocycles. The molecule has 0 unspecified atom stereocenters. The van der Waals surface area contributed by atoms with Crippen LogP contribution in [0.15, 0.2) is 41.1 Å². The predicted octanol–water partition coefficient (Wildman–Crippen LogP) is 2.96. The first kappa shape index (κ1) is 17.3. The maximum absolute atomic E-state index is 5.57. The number of fused-ring (bicyclic) bond motifs is 1. The molecule has 0 spiro atoms. The lowest BCUT2D eigenvalue weighted by atomic mass is 10.1. The van der Waals surface area contributed by atoms with Gasteiger partial charge in [0.05, 0.1) is 25.4 Å². The minimum atomic E-state index is 0.480. The third-order valence-corrected chi connectivity index (χ3v) is 5.15. The number of hydrogen-bond donors (Lipinski definition) is 0. The van der Waals surface area contributed by atoms with Crippen LogP contribution in [0.25, 0.3) is 22.8 Å². The number of hydrogen-bond acceptors (Lipinski definition) is 7. The van der Waals surface area contributed by atoms with E-state index in [4.69, 9.17) is 14.0 Å². The summed E-state index contributed by atoms with van der Waals surface area (Å²) in [6, 6.07) is 10.4. The highest BCUT2D eigenvalue weighted by molar-refractivity contribution is 5.60. The van der Waals surface area contributed by atoms with Crippen molar-refractivity contribution in [3.63, 3.8) is 0 Å². The van der Waals surface area contributed by atoms with Crippen LogP contribution in [-0.4, -0.2) is 52.9 Å². The van der Waals surface area contributed by atoms with Gasteiger partial charge >= 0.3 is 0 Å². The van der Waals surface area contributed by atoms with Crippen LogP contribution in [0.5, 0.6) is 5.88 Å². The molecule has 7 heteroatoms. The van der Waals surface area contributed by atoms with Crippen molar-refractivity contribution in [2.75, 3.05) is 32.9 Å². The Bertz CT molecular complexity index is 949. The van der Waals surface area contributed by atoms with Crippen LogP contribution in [0.2, 0.25) is 0 Å². The second-order valence-electron chi connectivity index (χ2n) is 7.15. The zero-order chi connectivity index (χ0) is 18.8. The molecule has 1 saturated heterocycles. The molecule has 144 valence electrons. The molecule has 3 aromatic rings. The van der Waals surface area contributed by atoms with E-state index in [2.05, 4.69) is 32.2 Å². The summed E-state index contributed by atoms with van der Waals surface area (Å²) < 4.78 is 16.5. The fraction of sp³-hybridized carbons (Fsp3) is 0.381. The summed E-state index contributed by atoms with van der Waals surface area (Å²) in [6.07, 6.45) is 3.69. The van der Waals surface area contributed by atoms with Gasteiger partial charge in [0.2, 0.25) is 11.7 Å². The van der Waals surface area contributed by atoms with Crippen molar-refractivity contribution in [3.8, 4) is 28.7 Å². The lowest BCUT2D eigenvalue weighted by Gasteiger charge is -2.26. The van der Waals surface area contributed by atoms with E-state index in [1.165, 1.54) is 5.56 Å². The molecule has 0 aliphatic carbocycles. The third kappa shape index (κ3) is 3.63. The van der Waals surface area contributed by atoms with E-state index < -0.39 is 0 Å². The second-order valence-corrected chi connectivity index (χ2v) is 7.15. The quantitative estimate of drug-likeness (QED) is 0.691. The molecule has 28 heavy (non-hydrogen) atoms. The molecule has 0 radical (unpaired) electrons. The van der Waals surface area contributed by atoms with Crippen molar-refractivity contribution in [3.05, 3.63) is 47.7 Å². The average Bonchev–Trinajstić information content (AvgIpc) is 3.25. The van der Waals surface area contributed by atoms with Gasteiger partial charge in [0.15, 0.2) is 0 Å². The van der Waals surface area contributed by atoms with Crippen molar-refractivity contribution >= 4 is 0 Å². The molecule has 1 fully saturated rings. The summed E-state index contributed by atoms with van der Waals surface area (Å²) >= 11 is 0. The SMILES string of the molecule is c1cc(-c2noc(-c3cnc4c(c3)CCCO4)n2)ccc1CN1CCOCC1. The van der Waals surface area contributed by atoms with Gasteiger partial charge in [0, 0.05) is 37.0 Å². The Labute approximate surface area is 163 Å². The summed E-state index contributed by atoms with van der Waals surface area (Å²) in [6.45, 7) is 5.25. The highest BCUT2D eigenvalue weighted by Crippen LogP contribution is 2.28. The van der Waals surface area contributed by atoms with Gasteiger partial charge in [-0.05, 0) is 24.5 Å². The lowest BCUT2D eigenvalue weighted by molar-refractivity contribution is 0.0342. The molecule has 5 rings (SSSR count). The molecule has 7 nitrogen and oxygen atoms in total. The monoisotopic (exact) mass is 378 g/mol. The van der Waals surface area contributed by atoms with Crippen LogP contribution in [0.4, 0.5) is 0 Å². The van der Waals surface area contributed by atoms with Gasteiger partial charge in [0.1, 0.15) is 0 Å². The Kier molecular flexibility index (Phi) is 4.76. The summed E-state index contributed by atoms with van der Waals surface area (Å²) in [7, 11) is 0. The molecule has 2 aliphatic rings. The van der Waals surface area contributed by atoms with Crippen LogP contribution >= 0.6 is 0 Å². The molecule has 1 aromatic carbocycles. The number of benzene rings is 1. The molecule has 2 aliphatic heterocycles. The summed E-state index contributed by atoms with van der Waals surface area (Å²) in [5.41, 5.74) is 4.13. The standard InChI is InChI=1S/C21H22N4O3/c1-2-17-12-18(13-22-20(17)27-9-1)21-23-19(24-28-21)16-5-3-15(4-6-16)14-25-7-10-26-11-8-25/h3-6,12-13H,1-2,7-11,14H2. The number of aryl methyl sites for hydroxylation is 1. The summed E-state index contributed by atoms with van der Waals surface area (Å²) in [5.74, 6) is 1.78. The molecule has 4 heterocycles. The van der Waals surface area contributed by atoms with Crippen LogP contribution in [-0.2, 0) is 17.7 Å². The van der Waals surface area contributed by atoms with Crippen molar-refractivity contribution in [2.24, 2.45) is 0 Å². The van der Waals surface area contributed by atoms with E-state index in [0.717, 1.165) is 69.0 Å². The van der Waals surface area contributed by atoms with Crippen LogP contribution < -0.4 is 4.74 Å². The largest absolute Gasteiger partial charge is 0.477 e. The maximum atomic E-state index is 5.57. The number of aromatic nitrogens is 3. The van der Waals surface area contributed by atoms with Crippen molar-refractivity contribution < 1.29 is 14.0 Å². The number of nitrogens with zero attached hydrogens (tertiary/aromatic N) is 4. The fourth-order valence-corrected chi connectivity index (χ4v) is 3.59. The van der Waals surface area contributed by atoms with E-state index in [1.807, 2.05) is 18.2 Å². The second kappa shape index (κ2) is 7.69. The average molecular weight is 378 g/mol. The molecule has 0 N–H and O–H groups in total. The van der Waals surface area contributed by atoms with Gasteiger partial charge in [-0.3, -0.25) is 4.90 Å². The van der Waals surface area contributed by atoms with Gasteiger partial charge in [-0.2, -0.15) is 4.98 Å². The number of rotatable bonds is 4. The van der Waals surface area contributed by atoms with Crippen LogP contribution in [0, 0.1) is 0 Å². The zero-order valence-electron chi connectivity index (χ0n) is 15.6. The molecule has 2 aromatic heterocycles. The number of ether oxygens (including phenoxy) is 2. The molecular weight excluding hydrogens is 356 g/mol. The Balaban J connectivity index is 1.31. The zero-order valence-corrected chi connectivity index (χ0v) is 15.6. The number of pyridine rings is 1. The first-order valence-corrected chi connectivity index (χ1v) is 9.70. The molecular formula is C21H22N4O3. The van der Waals surface area contributed by atoms with E-state index in [9.17, 15) is 0 Å². The van der Waals surface area contributed by atoms with Crippen molar-refractivity contribution in [1.82, 2.24) is 20.0 Å². The van der Waals surface area contributed by atoms with Crippen molar-refractivity contribution in [1.29, 1.82) is 0 Å². The van der Waals surface area contributed by atoms with Crippen LogP contribution in [0.1, 0.15) is 17.5 Å². The molecule has 0 atom stereocenters. The molecule has 0 amide bonds. The van der Waals surface area contributed by atoms with E-state index in [0.29, 0.717) is 17.6 Å². The Hall–Kier alpha value is -2.77. The highest BCUT2D eigenvalue weighted by atomic mass is 16.5. The maximum Gasteiger partial charge on any atom is 0.259 e. The summed E-state index contributed by atoms with van der Waals surface area (Å²) in [4.78, 5) is 11.3. The van der Waals surface area contributed by atoms with E-state index in [-0.39, 0.29) is 0 Å². The van der Waals surface area contributed by atoms with Gasteiger partial charge < -0.3 is 14.0 Å². The smallest absolute Gasteiger partial charge is 0.259 e. The minimum Gasteiger partial charge on any atom is -0.477 e. The highest BCUT2D eigenvalue weighted by Gasteiger charge is 2.17. The fourth-order valence-electron chi connectivity index (χ4n) is 3.59. The summed E-state index contributed by atoms with van der Waals surface area (Å²) in [5, 5.41) is 4.15. The van der Waals surface area contributed by atoms with Crippen LogP contribution in [0.3, 0.4) is 0 Å².